The summed E-state index contributed by atoms with van der Waals surface area (Å²) in [7, 11) is 0. The number of halogens is 2. The second-order valence-electron chi connectivity index (χ2n) is 3.84. The molecule has 7 nitrogen and oxygen atoms in total. The first-order chi connectivity index (χ1) is 9.50. The molecule has 0 amide bonds. The lowest BCUT2D eigenvalue weighted by Crippen LogP contribution is -2.12. The van der Waals surface area contributed by atoms with E-state index >= 15 is 0 Å². The Morgan fingerprint density at radius 2 is 2.20 bits per heavy atom. The predicted octanol–water partition coefficient (Wildman–Crippen LogP) is 2.07. The molecular formula is C11H10Cl2N4O3. The normalized spacial score (nSPS) is 10.6. The molecule has 0 aliphatic rings. The number of hydrogen-bond donors (Lipinski definition) is 1. The summed E-state index contributed by atoms with van der Waals surface area (Å²) in [5.74, 6) is -0.364. The fourth-order valence-electron chi connectivity index (χ4n) is 1.52. The molecule has 0 bridgehead atoms. The lowest BCUT2D eigenvalue weighted by molar-refractivity contribution is 0.0696. The summed E-state index contributed by atoms with van der Waals surface area (Å²) in [4.78, 5) is 11.0. The van der Waals surface area contributed by atoms with Gasteiger partial charge in [-0.05, 0) is 29.5 Å². The summed E-state index contributed by atoms with van der Waals surface area (Å²) in [5.41, 5.74) is -0.0651. The zero-order chi connectivity index (χ0) is 14.7. The average molecular weight is 317 g/mol. The van der Waals surface area contributed by atoms with Crippen LogP contribution in [0.3, 0.4) is 0 Å². The van der Waals surface area contributed by atoms with Gasteiger partial charge in [0, 0.05) is 0 Å². The smallest absolute Gasteiger partial charge is 0.337 e. The number of benzene rings is 1. The average Bonchev–Trinajstić information content (AvgIpc) is 2.78. The maximum atomic E-state index is 11.0. The van der Waals surface area contributed by atoms with Crippen molar-refractivity contribution in [2.24, 2.45) is 0 Å². The predicted molar refractivity (Wildman–Crippen MR) is 71.5 cm³/mol. The number of aryl methyl sites for hydroxylation is 1. The van der Waals surface area contributed by atoms with E-state index in [1.165, 1.54) is 12.1 Å². The van der Waals surface area contributed by atoms with Crippen LogP contribution in [0.4, 0.5) is 0 Å². The summed E-state index contributed by atoms with van der Waals surface area (Å²) in [6.45, 7) is 2.35. The van der Waals surface area contributed by atoms with Crippen molar-refractivity contribution in [3.8, 4) is 5.75 Å². The number of aromatic nitrogens is 4. The highest BCUT2D eigenvalue weighted by Crippen LogP contribution is 2.35. The molecule has 20 heavy (non-hydrogen) atoms. The number of carboxylic acid groups (broad SMARTS) is 1. The van der Waals surface area contributed by atoms with Crippen molar-refractivity contribution in [3.05, 3.63) is 33.6 Å². The topological polar surface area (TPSA) is 90.1 Å². The van der Waals surface area contributed by atoms with E-state index in [-0.39, 0.29) is 28.0 Å². The van der Waals surface area contributed by atoms with E-state index in [9.17, 15) is 4.79 Å². The highest BCUT2D eigenvalue weighted by Gasteiger charge is 2.16. The Labute approximate surface area is 124 Å². The minimum Gasteiger partial charge on any atom is -0.488 e. The van der Waals surface area contributed by atoms with Crippen molar-refractivity contribution < 1.29 is 14.6 Å². The summed E-state index contributed by atoms with van der Waals surface area (Å²) < 4.78 is 6.99. The Bertz CT molecular complexity index is 645. The molecule has 0 aliphatic carbocycles. The summed E-state index contributed by atoms with van der Waals surface area (Å²) in [6, 6.07) is 2.75. The molecule has 1 aromatic heterocycles. The SMILES string of the molecule is Cc1nnnn1CCOc1c(Cl)ccc(C(=O)O)c1Cl. The van der Waals surface area contributed by atoms with Gasteiger partial charge in [-0.1, -0.05) is 23.2 Å². The van der Waals surface area contributed by atoms with Gasteiger partial charge in [-0.3, -0.25) is 0 Å². The Morgan fingerprint density at radius 1 is 1.45 bits per heavy atom. The van der Waals surface area contributed by atoms with E-state index in [0.717, 1.165) is 0 Å². The number of carbonyl (C=O) groups is 1. The van der Waals surface area contributed by atoms with Gasteiger partial charge in [-0.15, -0.1) is 5.10 Å². The van der Waals surface area contributed by atoms with E-state index in [0.29, 0.717) is 12.4 Å². The van der Waals surface area contributed by atoms with Crippen LogP contribution in [0.1, 0.15) is 16.2 Å². The van der Waals surface area contributed by atoms with Crippen molar-refractivity contribution >= 4 is 29.2 Å². The Morgan fingerprint density at radius 3 is 2.80 bits per heavy atom. The van der Waals surface area contributed by atoms with E-state index < -0.39 is 5.97 Å². The standard InChI is InChI=1S/C11H10Cl2N4O3/c1-6-14-15-16-17(6)4-5-20-10-8(12)3-2-7(9(10)13)11(18)19/h2-3H,4-5H2,1H3,(H,18,19). The summed E-state index contributed by atoms with van der Waals surface area (Å²) in [6.07, 6.45) is 0. The summed E-state index contributed by atoms with van der Waals surface area (Å²) in [5, 5.41) is 20.2. The third-order valence-corrected chi connectivity index (χ3v) is 3.21. The highest BCUT2D eigenvalue weighted by atomic mass is 35.5. The van der Waals surface area contributed by atoms with Crippen LogP contribution in [0, 0.1) is 6.92 Å². The van der Waals surface area contributed by atoms with Crippen LogP contribution in [-0.4, -0.2) is 37.9 Å². The number of rotatable bonds is 5. The molecule has 0 spiro atoms. The van der Waals surface area contributed by atoms with Crippen molar-refractivity contribution in [2.75, 3.05) is 6.61 Å². The fraction of sp³-hybridized carbons (Fsp3) is 0.273. The molecule has 1 aromatic carbocycles. The zero-order valence-corrected chi connectivity index (χ0v) is 11.9. The maximum Gasteiger partial charge on any atom is 0.337 e. The van der Waals surface area contributed by atoms with E-state index in [2.05, 4.69) is 15.5 Å². The van der Waals surface area contributed by atoms with Crippen LogP contribution < -0.4 is 4.74 Å². The Balaban J connectivity index is 2.11. The van der Waals surface area contributed by atoms with Gasteiger partial charge in [0.15, 0.2) is 5.75 Å². The van der Waals surface area contributed by atoms with Gasteiger partial charge in [-0.25, -0.2) is 9.48 Å². The lowest BCUT2D eigenvalue weighted by Gasteiger charge is -2.11. The molecule has 0 aliphatic heterocycles. The number of aromatic carboxylic acids is 1. The first-order valence-electron chi connectivity index (χ1n) is 5.57. The molecule has 2 aromatic rings. The quantitative estimate of drug-likeness (QED) is 0.908. The molecule has 0 saturated carbocycles. The van der Waals surface area contributed by atoms with Gasteiger partial charge in [-0.2, -0.15) is 0 Å². The first kappa shape index (κ1) is 14.5. The zero-order valence-electron chi connectivity index (χ0n) is 10.4. The van der Waals surface area contributed by atoms with Gasteiger partial charge in [0.25, 0.3) is 0 Å². The number of carboxylic acids is 1. The van der Waals surface area contributed by atoms with Crippen LogP contribution >= 0.6 is 23.2 Å². The number of nitrogens with zero attached hydrogens (tertiary/aromatic N) is 4. The monoisotopic (exact) mass is 316 g/mol. The number of tetrazole rings is 1. The van der Waals surface area contributed by atoms with Crippen molar-refractivity contribution in [2.45, 2.75) is 13.5 Å². The third-order valence-electron chi connectivity index (χ3n) is 2.54. The van der Waals surface area contributed by atoms with Crippen LogP contribution in [0.15, 0.2) is 12.1 Å². The lowest BCUT2D eigenvalue weighted by atomic mass is 10.2. The maximum absolute atomic E-state index is 11.0. The molecule has 0 radical (unpaired) electrons. The van der Waals surface area contributed by atoms with E-state index in [1.807, 2.05) is 0 Å². The minimum absolute atomic E-state index is 0.0292. The van der Waals surface area contributed by atoms with Crippen molar-refractivity contribution in [1.82, 2.24) is 20.2 Å². The first-order valence-corrected chi connectivity index (χ1v) is 6.33. The van der Waals surface area contributed by atoms with Gasteiger partial charge in [0.1, 0.15) is 12.4 Å². The van der Waals surface area contributed by atoms with Gasteiger partial charge < -0.3 is 9.84 Å². The molecule has 2 rings (SSSR count). The molecule has 1 heterocycles. The molecular weight excluding hydrogens is 307 g/mol. The van der Waals surface area contributed by atoms with Crippen LogP contribution in [-0.2, 0) is 6.54 Å². The number of ether oxygens (including phenoxy) is 1. The second-order valence-corrected chi connectivity index (χ2v) is 4.63. The van der Waals surface area contributed by atoms with Gasteiger partial charge in [0.05, 0.1) is 22.2 Å². The second kappa shape index (κ2) is 6.06. The third kappa shape index (κ3) is 3.00. The van der Waals surface area contributed by atoms with Gasteiger partial charge >= 0.3 is 5.97 Å². The molecule has 0 atom stereocenters. The molecule has 0 fully saturated rings. The highest BCUT2D eigenvalue weighted by molar-refractivity contribution is 6.39. The Hall–Kier alpha value is -1.86. The summed E-state index contributed by atoms with van der Waals surface area (Å²) >= 11 is 11.9. The molecule has 0 saturated heterocycles. The van der Waals surface area contributed by atoms with Crippen molar-refractivity contribution in [1.29, 1.82) is 0 Å². The fourth-order valence-corrected chi connectivity index (χ4v) is 2.08. The van der Waals surface area contributed by atoms with Gasteiger partial charge in [0.2, 0.25) is 0 Å². The molecule has 0 unspecified atom stereocenters. The molecule has 106 valence electrons. The largest absolute Gasteiger partial charge is 0.488 e. The molecule has 9 heteroatoms. The van der Waals surface area contributed by atoms with Crippen LogP contribution in [0.2, 0.25) is 10.0 Å². The minimum atomic E-state index is -1.15. The Kier molecular flexibility index (Phi) is 4.41. The van der Waals surface area contributed by atoms with E-state index in [4.69, 9.17) is 33.0 Å². The van der Waals surface area contributed by atoms with Crippen molar-refractivity contribution in [3.63, 3.8) is 0 Å². The van der Waals surface area contributed by atoms with Crippen LogP contribution in [0.25, 0.3) is 0 Å². The number of hydrogen-bond acceptors (Lipinski definition) is 5. The molecule has 1 N–H and O–H groups in total. The van der Waals surface area contributed by atoms with E-state index in [1.54, 1.807) is 11.6 Å². The van der Waals surface area contributed by atoms with Crippen LogP contribution in [0.5, 0.6) is 5.75 Å².